The van der Waals surface area contributed by atoms with E-state index in [4.69, 9.17) is 5.73 Å². The molecule has 178 valence electrons. The Bertz CT molecular complexity index is 874. The summed E-state index contributed by atoms with van der Waals surface area (Å²) in [5.74, 6) is 0. The molecule has 0 fully saturated rings. The summed E-state index contributed by atoms with van der Waals surface area (Å²) in [6.45, 7) is 13.1. The first kappa shape index (κ1) is 26.1. The minimum Gasteiger partial charge on any atom is -0.399 e. The van der Waals surface area contributed by atoms with E-state index in [2.05, 4.69) is 118 Å². The molecule has 0 aliphatic carbocycles. The second-order valence-electron chi connectivity index (χ2n) is 8.88. The van der Waals surface area contributed by atoms with Crippen LogP contribution in [0.5, 0.6) is 0 Å². The third-order valence-corrected chi connectivity index (χ3v) is 5.66. The molecule has 0 saturated heterocycles. The number of nitrogen functional groups attached to an aromatic ring is 1. The minimum absolute atomic E-state index is 0.404. The van der Waals surface area contributed by atoms with Crippen LogP contribution < -0.4 is 21.3 Å². The molecule has 0 bridgehead atoms. The van der Waals surface area contributed by atoms with E-state index in [9.17, 15) is 0 Å². The molecule has 0 radical (unpaired) electrons. The summed E-state index contributed by atoms with van der Waals surface area (Å²) >= 11 is 0. The Kier molecular flexibility index (Phi) is 10.6. The number of anilines is 5. The molecule has 0 aliphatic heterocycles. The predicted molar refractivity (Wildman–Crippen MR) is 148 cm³/mol. The zero-order chi connectivity index (χ0) is 24.2. The van der Waals surface area contributed by atoms with Crippen molar-refractivity contribution in [2.45, 2.75) is 72.5 Å². The van der Waals surface area contributed by atoms with Crippen molar-refractivity contribution in [3.63, 3.8) is 0 Å². The van der Waals surface area contributed by atoms with Gasteiger partial charge in [-0.05, 0) is 101 Å². The van der Waals surface area contributed by atoms with E-state index in [0.29, 0.717) is 18.1 Å². The highest BCUT2D eigenvalue weighted by Crippen LogP contribution is 2.28. The van der Waals surface area contributed by atoms with Crippen LogP contribution in [-0.2, 0) is 0 Å². The van der Waals surface area contributed by atoms with Crippen LogP contribution in [0.3, 0.4) is 0 Å². The fraction of sp³-hybridized carbons (Fsp3) is 0.379. The summed E-state index contributed by atoms with van der Waals surface area (Å²) in [4.78, 5) is 2.29. The smallest absolute Gasteiger partial charge is 0.0414 e. The van der Waals surface area contributed by atoms with Gasteiger partial charge in [0.1, 0.15) is 0 Å². The third kappa shape index (κ3) is 8.72. The lowest BCUT2D eigenvalue weighted by Crippen LogP contribution is -2.25. The average Bonchev–Trinajstić information content (AvgIpc) is 2.82. The SMILES string of the molecule is CC(C)N(c1ccccc1)c1ccc(N)cc1.CCC(C)Nc1ccc(NC(C)CC)cc1. The molecule has 3 aromatic carbocycles. The van der Waals surface area contributed by atoms with Crippen molar-refractivity contribution in [3.8, 4) is 0 Å². The molecule has 0 spiro atoms. The standard InChI is InChI=1S/C15H18N2.C14H24N2/c1-12(2)17(14-6-4-3-5-7-14)15-10-8-13(16)9-11-15;1-5-11(3)15-13-7-9-14(10-8-13)16-12(4)6-2/h3-12H,16H2,1-2H3;7-12,15-16H,5-6H2,1-4H3. The van der Waals surface area contributed by atoms with E-state index in [1.54, 1.807) is 0 Å². The number of nitrogens with two attached hydrogens (primary N) is 1. The average molecular weight is 447 g/mol. The molecule has 0 saturated carbocycles. The van der Waals surface area contributed by atoms with Crippen LogP contribution in [0, 0.1) is 0 Å². The predicted octanol–water partition coefficient (Wildman–Crippen LogP) is 7.92. The molecule has 3 aromatic rings. The summed E-state index contributed by atoms with van der Waals surface area (Å²) in [5, 5.41) is 6.92. The van der Waals surface area contributed by atoms with Gasteiger partial charge in [0.05, 0.1) is 0 Å². The number of rotatable bonds is 9. The zero-order valence-corrected chi connectivity index (χ0v) is 21.2. The highest BCUT2D eigenvalue weighted by molar-refractivity contribution is 5.65. The first-order valence-corrected chi connectivity index (χ1v) is 12.2. The van der Waals surface area contributed by atoms with E-state index < -0.39 is 0 Å². The first-order valence-electron chi connectivity index (χ1n) is 12.2. The van der Waals surface area contributed by atoms with Crippen LogP contribution in [0.1, 0.15) is 54.4 Å². The molecule has 3 rings (SSSR count). The maximum Gasteiger partial charge on any atom is 0.0414 e. The zero-order valence-electron chi connectivity index (χ0n) is 21.2. The fourth-order valence-electron chi connectivity index (χ4n) is 3.40. The van der Waals surface area contributed by atoms with E-state index >= 15 is 0 Å². The normalized spacial score (nSPS) is 12.3. The summed E-state index contributed by atoms with van der Waals surface area (Å²) in [7, 11) is 0. The van der Waals surface area contributed by atoms with Crippen LogP contribution in [-0.4, -0.2) is 18.1 Å². The number of benzene rings is 3. The molecule has 4 N–H and O–H groups in total. The van der Waals surface area contributed by atoms with Gasteiger partial charge < -0.3 is 21.3 Å². The maximum absolute atomic E-state index is 5.72. The van der Waals surface area contributed by atoms with Crippen LogP contribution >= 0.6 is 0 Å². The highest BCUT2D eigenvalue weighted by atomic mass is 15.2. The summed E-state index contributed by atoms with van der Waals surface area (Å²) < 4.78 is 0. The number of nitrogens with zero attached hydrogens (tertiary/aromatic N) is 1. The first-order chi connectivity index (χ1) is 15.8. The third-order valence-electron chi connectivity index (χ3n) is 5.66. The van der Waals surface area contributed by atoms with Crippen molar-refractivity contribution >= 4 is 28.4 Å². The van der Waals surface area contributed by atoms with Crippen LogP contribution in [0.2, 0.25) is 0 Å². The van der Waals surface area contributed by atoms with Gasteiger partial charge in [0, 0.05) is 46.6 Å². The van der Waals surface area contributed by atoms with E-state index in [0.717, 1.165) is 18.5 Å². The lowest BCUT2D eigenvalue weighted by Gasteiger charge is -2.29. The number of hydrogen-bond donors (Lipinski definition) is 3. The van der Waals surface area contributed by atoms with Crippen LogP contribution in [0.15, 0.2) is 78.9 Å². The van der Waals surface area contributed by atoms with Crippen molar-refractivity contribution in [1.82, 2.24) is 0 Å². The number of hydrogen-bond acceptors (Lipinski definition) is 4. The van der Waals surface area contributed by atoms with Crippen LogP contribution in [0.4, 0.5) is 28.4 Å². The van der Waals surface area contributed by atoms with Crippen molar-refractivity contribution in [3.05, 3.63) is 78.9 Å². The molecule has 2 atom stereocenters. The van der Waals surface area contributed by atoms with Gasteiger partial charge in [0.25, 0.3) is 0 Å². The van der Waals surface area contributed by atoms with E-state index in [1.807, 2.05) is 18.2 Å². The molecule has 0 amide bonds. The lowest BCUT2D eigenvalue weighted by molar-refractivity contribution is 0.761. The maximum atomic E-state index is 5.72. The molecule has 2 unspecified atom stereocenters. The Balaban J connectivity index is 0.000000234. The van der Waals surface area contributed by atoms with Gasteiger partial charge in [-0.3, -0.25) is 0 Å². The van der Waals surface area contributed by atoms with Gasteiger partial charge in [0.15, 0.2) is 0 Å². The molecule has 0 aliphatic rings. The largest absolute Gasteiger partial charge is 0.399 e. The monoisotopic (exact) mass is 446 g/mol. The molecule has 0 heterocycles. The minimum atomic E-state index is 0.404. The lowest BCUT2D eigenvalue weighted by atomic mass is 10.2. The highest BCUT2D eigenvalue weighted by Gasteiger charge is 2.12. The van der Waals surface area contributed by atoms with Crippen molar-refractivity contribution < 1.29 is 0 Å². The van der Waals surface area contributed by atoms with Gasteiger partial charge in [-0.2, -0.15) is 0 Å². The summed E-state index contributed by atoms with van der Waals surface area (Å²) in [5.41, 5.74) is 11.3. The molecule has 4 heteroatoms. The van der Waals surface area contributed by atoms with E-state index in [-0.39, 0.29) is 0 Å². The summed E-state index contributed by atoms with van der Waals surface area (Å²) in [6, 6.07) is 28.4. The Morgan fingerprint density at radius 2 is 1.06 bits per heavy atom. The van der Waals surface area contributed by atoms with Crippen molar-refractivity contribution in [2.75, 3.05) is 21.3 Å². The summed E-state index contributed by atoms with van der Waals surface area (Å²) in [6.07, 6.45) is 2.29. The van der Waals surface area contributed by atoms with Gasteiger partial charge in [-0.1, -0.05) is 32.0 Å². The van der Waals surface area contributed by atoms with Crippen molar-refractivity contribution in [1.29, 1.82) is 0 Å². The van der Waals surface area contributed by atoms with Gasteiger partial charge in [-0.15, -0.1) is 0 Å². The topological polar surface area (TPSA) is 53.3 Å². The van der Waals surface area contributed by atoms with Gasteiger partial charge in [0.2, 0.25) is 0 Å². The van der Waals surface area contributed by atoms with Crippen LogP contribution in [0.25, 0.3) is 0 Å². The molecular weight excluding hydrogens is 404 g/mol. The van der Waals surface area contributed by atoms with Crippen molar-refractivity contribution in [2.24, 2.45) is 0 Å². The quantitative estimate of drug-likeness (QED) is 0.292. The van der Waals surface area contributed by atoms with E-state index in [1.165, 1.54) is 22.7 Å². The Labute approximate surface area is 201 Å². The second-order valence-corrected chi connectivity index (χ2v) is 8.88. The molecule has 4 nitrogen and oxygen atoms in total. The number of para-hydroxylation sites is 1. The number of nitrogens with one attached hydrogen (secondary N) is 2. The van der Waals surface area contributed by atoms with Gasteiger partial charge >= 0.3 is 0 Å². The Morgan fingerprint density at radius 3 is 1.45 bits per heavy atom. The Hall–Kier alpha value is -3.14. The molecule has 0 aromatic heterocycles. The second kappa shape index (κ2) is 13.4. The molecular formula is C29H42N4. The molecule has 33 heavy (non-hydrogen) atoms. The van der Waals surface area contributed by atoms with Gasteiger partial charge in [-0.25, -0.2) is 0 Å². The Morgan fingerprint density at radius 1 is 0.636 bits per heavy atom. The fourth-order valence-corrected chi connectivity index (χ4v) is 3.40.